The normalized spacial score (nSPS) is 14.7. The number of rotatable bonds is 17. The van der Waals surface area contributed by atoms with Gasteiger partial charge in [-0.1, -0.05) is 50.6 Å². The van der Waals surface area contributed by atoms with E-state index in [0.29, 0.717) is 38.8 Å². The van der Waals surface area contributed by atoms with Gasteiger partial charge in [0, 0.05) is 61.6 Å². The molecule has 2 aliphatic rings. The lowest BCUT2D eigenvalue weighted by Crippen LogP contribution is -2.36. The summed E-state index contributed by atoms with van der Waals surface area (Å²) >= 11 is 0. The molecule has 0 bridgehead atoms. The van der Waals surface area contributed by atoms with Gasteiger partial charge in [-0.15, -0.1) is 0 Å². The molecule has 0 atom stereocenters. The molecule has 53 heavy (non-hydrogen) atoms. The highest BCUT2D eigenvalue weighted by atomic mass is 16.5. The summed E-state index contributed by atoms with van der Waals surface area (Å²) in [5.41, 5.74) is 8.01. The Hall–Kier alpha value is -4.63. The number of fused-ring (bicyclic) bond motifs is 1. The Kier molecular flexibility index (Phi) is 14.0. The van der Waals surface area contributed by atoms with E-state index in [-0.39, 0.29) is 5.91 Å². The van der Waals surface area contributed by atoms with Crippen molar-refractivity contribution in [2.24, 2.45) is 0 Å². The van der Waals surface area contributed by atoms with Gasteiger partial charge >= 0.3 is 0 Å². The second-order valence-corrected chi connectivity index (χ2v) is 13.9. The summed E-state index contributed by atoms with van der Waals surface area (Å²) in [5, 5.41) is 3.18. The van der Waals surface area contributed by atoms with Gasteiger partial charge in [0.05, 0.1) is 13.2 Å². The fourth-order valence-electron chi connectivity index (χ4n) is 6.86. The van der Waals surface area contributed by atoms with Gasteiger partial charge in [0.1, 0.15) is 18.1 Å². The van der Waals surface area contributed by atoms with E-state index in [1.165, 1.54) is 5.56 Å². The lowest BCUT2D eigenvalue weighted by molar-refractivity contribution is -0.112. The molecule has 1 amide bonds. The highest BCUT2D eigenvalue weighted by Gasteiger charge is 2.22. The third-order valence-corrected chi connectivity index (χ3v) is 9.95. The van der Waals surface area contributed by atoms with Gasteiger partial charge < -0.3 is 29.2 Å². The van der Waals surface area contributed by atoms with Crippen molar-refractivity contribution in [1.82, 2.24) is 4.90 Å². The molecule has 0 unspecified atom stereocenters. The van der Waals surface area contributed by atoms with Gasteiger partial charge in [0.25, 0.3) is 5.91 Å². The first-order chi connectivity index (χ1) is 26.0. The van der Waals surface area contributed by atoms with Crippen molar-refractivity contribution in [2.75, 3.05) is 63.5 Å². The summed E-state index contributed by atoms with van der Waals surface area (Å²) in [6, 6.07) is 31.7. The molecule has 0 aromatic heterocycles. The number of nitrogens with zero attached hydrogens (tertiary/aromatic N) is 2. The second kappa shape index (κ2) is 19.4. The Morgan fingerprint density at radius 3 is 2.23 bits per heavy atom. The lowest BCUT2D eigenvalue weighted by Gasteiger charge is -2.31. The van der Waals surface area contributed by atoms with Crippen LogP contribution in [0.15, 0.2) is 96.6 Å². The maximum Gasteiger partial charge on any atom is 0.251 e. The van der Waals surface area contributed by atoms with Gasteiger partial charge in [-0.25, -0.2) is 0 Å². The first-order valence-corrected chi connectivity index (χ1v) is 19.3. The van der Waals surface area contributed by atoms with E-state index < -0.39 is 0 Å². The summed E-state index contributed by atoms with van der Waals surface area (Å²) in [5.74, 6) is 1.59. The highest BCUT2D eigenvalue weighted by molar-refractivity contribution is 6.07. The molecule has 2 heterocycles. The standard InChI is InChI=1S/C45H55N3O5/c1-4-6-26-50-29-30-53-42-16-9-35(10-17-42)36-11-20-44-38(31-36)32-37(21-24-48(44)41-14-18-43(19-15-41)52-25-5-2)45(49)46-39-12-7-34(8-13-39)33-47(3)40-22-27-51-28-23-40/h7-20,31-32,40H,4-6,21-30,33H2,1-3H3,(H,46,49). The van der Waals surface area contributed by atoms with E-state index in [9.17, 15) is 4.79 Å². The van der Waals surface area contributed by atoms with Crippen LogP contribution in [-0.2, 0) is 20.8 Å². The maximum absolute atomic E-state index is 13.9. The predicted molar refractivity (Wildman–Crippen MR) is 215 cm³/mol. The smallest absolute Gasteiger partial charge is 0.251 e. The number of hydrogen-bond donors (Lipinski definition) is 1. The van der Waals surface area contributed by atoms with Crippen molar-refractivity contribution in [1.29, 1.82) is 0 Å². The predicted octanol–water partition coefficient (Wildman–Crippen LogP) is 9.51. The fourth-order valence-corrected chi connectivity index (χ4v) is 6.86. The lowest BCUT2D eigenvalue weighted by atomic mass is 10.00. The zero-order valence-corrected chi connectivity index (χ0v) is 31.7. The number of nitrogens with one attached hydrogen (secondary N) is 1. The van der Waals surface area contributed by atoms with E-state index in [1.807, 2.05) is 36.4 Å². The Bertz CT molecular complexity index is 1770. The Balaban J connectivity index is 1.19. The molecule has 1 fully saturated rings. The van der Waals surface area contributed by atoms with Crippen molar-refractivity contribution >= 4 is 29.0 Å². The molecule has 0 radical (unpaired) electrons. The van der Waals surface area contributed by atoms with Crippen molar-refractivity contribution in [2.45, 2.75) is 65.0 Å². The van der Waals surface area contributed by atoms with Crippen LogP contribution in [0, 0.1) is 0 Å². The van der Waals surface area contributed by atoms with Crippen LogP contribution in [-0.4, -0.2) is 70.1 Å². The number of anilines is 3. The minimum absolute atomic E-state index is 0.0845. The monoisotopic (exact) mass is 717 g/mol. The zero-order valence-electron chi connectivity index (χ0n) is 31.7. The average Bonchev–Trinajstić information content (AvgIpc) is 3.39. The molecule has 0 aliphatic carbocycles. The Morgan fingerprint density at radius 1 is 0.811 bits per heavy atom. The van der Waals surface area contributed by atoms with Crippen LogP contribution in [0.5, 0.6) is 11.5 Å². The third kappa shape index (κ3) is 10.7. The SMILES string of the molecule is CCCCOCCOc1ccc(-c2ccc3c(c2)C=C(C(=O)Nc2ccc(CN(C)C4CCOCC4)cc2)CCN3c2ccc(OCCC)cc2)cc1. The number of hydrogen-bond acceptors (Lipinski definition) is 7. The Morgan fingerprint density at radius 2 is 1.51 bits per heavy atom. The molecular weight excluding hydrogens is 663 g/mol. The van der Waals surface area contributed by atoms with Crippen molar-refractivity contribution in [3.05, 3.63) is 108 Å². The molecule has 8 nitrogen and oxygen atoms in total. The summed E-state index contributed by atoms with van der Waals surface area (Å²) in [7, 11) is 2.18. The zero-order chi connectivity index (χ0) is 36.8. The molecule has 280 valence electrons. The first-order valence-electron chi connectivity index (χ1n) is 19.3. The number of carbonyl (C=O) groups is 1. The molecule has 6 rings (SSSR count). The number of carbonyl (C=O) groups excluding carboxylic acids is 1. The third-order valence-electron chi connectivity index (χ3n) is 9.95. The number of ether oxygens (including phenoxy) is 4. The van der Waals surface area contributed by atoms with E-state index in [4.69, 9.17) is 18.9 Å². The molecule has 1 N–H and O–H groups in total. The maximum atomic E-state index is 13.9. The van der Waals surface area contributed by atoms with Gasteiger partial charge in [-0.3, -0.25) is 9.69 Å². The van der Waals surface area contributed by atoms with Gasteiger partial charge in [0.15, 0.2) is 0 Å². The van der Waals surface area contributed by atoms with Crippen molar-refractivity contribution in [3.63, 3.8) is 0 Å². The molecule has 0 saturated carbocycles. The summed E-state index contributed by atoms with van der Waals surface area (Å²) in [4.78, 5) is 18.6. The Labute approximate surface area is 315 Å². The number of benzene rings is 4. The summed E-state index contributed by atoms with van der Waals surface area (Å²) < 4.78 is 22.9. The molecular formula is C45H55N3O5. The molecule has 0 spiro atoms. The van der Waals surface area contributed by atoms with Crippen LogP contribution in [0.2, 0.25) is 0 Å². The fraction of sp³-hybridized carbons (Fsp3) is 0.400. The molecule has 1 saturated heterocycles. The van der Waals surface area contributed by atoms with Crippen molar-refractivity contribution < 1.29 is 23.7 Å². The minimum Gasteiger partial charge on any atom is -0.494 e. The van der Waals surface area contributed by atoms with E-state index >= 15 is 0 Å². The molecule has 2 aliphatic heterocycles. The molecule has 8 heteroatoms. The quantitative estimate of drug-likeness (QED) is 0.109. The van der Waals surface area contributed by atoms with Gasteiger partial charge in [0.2, 0.25) is 0 Å². The van der Waals surface area contributed by atoms with Crippen LogP contribution in [0.25, 0.3) is 17.2 Å². The number of unbranched alkanes of at least 4 members (excludes halogenated alkanes) is 1. The molecule has 4 aromatic rings. The summed E-state index contributed by atoms with van der Waals surface area (Å²) in [6.07, 6.45) is 7.93. The van der Waals surface area contributed by atoms with E-state index in [1.54, 1.807) is 0 Å². The molecule has 4 aromatic carbocycles. The number of amides is 1. The average molecular weight is 718 g/mol. The largest absolute Gasteiger partial charge is 0.494 e. The second-order valence-electron chi connectivity index (χ2n) is 13.9. The summed E-state index contributed by atoms with van der Waals surface area (Å²) in [6.45, 7) is 10.0. The van der Waals surface area contributed by atoms with Gasteiger partial charge in [-0.05, 0) is 128 Å². The van der Waals surface area contributed by atoms with Crippen LogP contribution < -0.4 is 19.7 Å². The van der Waals surface area contributed by atoms with Crippen LogP contribution in [0.1, 0.15) is 63.5 Å². The minimum atomic E-state index is -0.0845. The van der Waals surface area contributed by atoms with E-state index in [0.717, 1.165) is 109 Å². The topological polar surface area (TPSA) is 72.5 Å². The first kappa shape index (κ1) is 38.1. The van der Waals surface area contributed by atoms with E-state index in [2.05, 4.69) is 96.7 Å². The van der Waals surface area contributed by atoms with Crippen molar-refractivity contribution in [3.8, 4) is 22.6 Å². The van der Waals surface area contributed by atoms with Crippen LogP contribution >= 0.6 is 0 Å². The van der Waals surface area contributed by atoms with Crippen LogP contribution in [0.3, 0.4) is 0 Å². The van der Waals surface area contributed by atoms with Gasteiger partial charge in [-0.2, -0.15) is 0 Å². The van der Waals surface area contributed by atoms with Crippen LogP contribution in [0.4, 0.5) is 17.1 Å². The highest BCUT2D eigenvalue weighted by Crippen LogP contribution is 2.37.